The Labute approximate surface area is 113 Å². The van der Waals surface area contributed by atoms with Gasteiger partial charge in [0.05, 0.1) is 11.0 Å². The summed E-state index contributed by atoms with van der Waals surface area (Å²) in [6, 6.07) is 6.94. The van der Waals surface area contributed by atoms with Crippen molar-refractivity contribution >= 4 is 23.3 Å². The van der Waals surface area contributed by atoms with Gasteiger partial charge < -0.3 is 9.55 Å². The maximum atomic E-state index is 5.55. The zero-order chi connectivity index (χ0) is 12.9. The molecule has 0 bridgehead atoms. The minimum atomic E-state index is 0.558. The number of aromatic amines is 1. The third kappa shape index (κ3) is 1.64. The van der Waals surface area contributed by atoms with E-state index in [4.69, 9.17) is 12.2 Å². The average Bonchev–Trinajstić information content (AvgIpc) is 2.82. The Balaban J connectivity index is 2.23. The van der Waals surface area contributed by atoms with Crippen LogP contribution in [0.2, 0.25) is 0 Å². The van der Waals surface area contributed by atoms with Crippen molar-refractivity contribution in [1.29, 1.82) is 0 Å². The molecule has 18 heavy (non-hydrogen) atoms. The molecule has 0 radical (unpaired) electrons. The molecule has 3 unspecified atom stereocenters. The number of nitrogens with zero attached hydrogens (tertiary/aromatic N) is 1. The summed E-state index contributed by atoms with van der Waals surface area (Å²) in [7, 11) is 0. The second kappa shape index (κ2) is 4.23. The van der Waals surface area contributed by atoms with E-state index in [1.165, 1.54) is 29.4 Å². The molecule has 1 fully saturated rings. The Morgan fingerprint density at radius 3 is 2.72 bits per heavy atom. The van der Waals surface area contributed by atoms with E-state index >= 15 is 0 Å². The molecule has 3 atom stereocenters. The monoisotopic (exact) mass is 260 g/mol. The molecule has 0 aliphatic heterocycles. The molecule has 2 nitrogen and oxygen atoms in total. The fourth-order valence-electron chi connectivity index (χ4n) is 3.38. The van der Waals surface area contributed by atoms with Gasteiger partial charge in [0.25, 0.3) is 0 Å². The number of aromatic nitrogens is 2. The highest BCUT2D eigenvalue weighted by Gasteiger charge is 2.32. The second-order valence-corrected chi connectivity index (χ2v) is 6.14. The molecule has 1 aromatic heterocycles. The van der Waals surface area contributed by atoms with E-state index < -0.39 is 0 Å². The average molecular weight is 260 g/mol. The summed E-state index contributed by atoms with van der Waals surface area (Å²) in [4.78, 5) is 3.36. The minimum absolute atomic E-state index is 0.558. The number of para-hydroxylation sites is 1. The van der Waals surface area contributed by atoms with Crippen molar-refractivity contribution < 1.29 is 0 Å². The lowest BCUT2D eigenvalue weighted by Gasteiger charge is -2.21. The van der Waals surface area contributed by atoms with Crippen molar-refractivity contribution in [3.63, 3.8) is 0 Å². The number of fused-ring (bicyclic) bond motifs is 1. The number of rotatable bonds is 1. The molecule has 0 saturated heterocycles. The smallest absolute Gasteiger partial charge is 0.178 e. The molecule has 1 N–H and O–H groups in total. The SMILES string of the molecule is Cc1cccc2[nH]c(=S)n(C3CCC(C)C3C)c12. The maximum Gasteiger partial charge on any atom is 0.178 e. The van der Waals surface area contributed by atoms with Crippen LogP contribution in [0.4, 0.5) is 0 Å². The third-order valence-electron chi connectivity index (χ3n) is 4.69. The quantitative estimate of drug-likeness (QED) is 0.742. The number of aryl methyl sites for hydroxylation is 1. The van der Waals surface area contributed by atoms with Crippen LogP contribution in [-0.2, 0) is 0 Å². The molecular weight excluding hydrogens is 240 g/mol. The van der Waals surface area contributed by atoms with Gasteiger partial charge in [-0.05, 0) is 55.4 Å². The highest BCUT2D eigenvalue weighted by molar-refractivity contribution is 7.71. The fourth-order valence-corrected chi connectivity index (χ4v) is 3.71. The van der Waals surface area contributed by atoms with E-state index in [0.29, 0.717) is 12.0 Å². The summed E-state index contributed by atoms with van der Waals surface area (Å²) in [6.45, 7) is 6.89. The third-order valence-corrected chi connectivity index (χ3v) is 4.99. The minimum Gasteiger partial charge on any atom is -0.331 e. The number of benzene rings is 1. The summed E-state index contributed by atoms with van der Waals surface area (Å²) in [6.07, 6.45) is 2.56. The molecule has 1 heterocycles. The summed E-state index contributed by atoms with van der Waals surface area (Å²) in [5.41, 5.74) is 3.78. The molecule has 1 saturated carbocycles. The zero-order valence-electron chi connectivity index (χ0n) is 11.2. The number of hydrogen-bond donors (Lipinski definition) is 1. The van der Waals surface area contributed by atoms with Gasteiger partial charge in [-0.25, -0.2) is 0 Å². The topological polar surface area (TPSA) is 20.7 Å². The van der Waals surface area contributed by atoms with Gasteiger partial charge in [0, 0.05) is 6.04 Å². The van der Waals surface area contributed by atoms with E-state index in [1.54, 1.807) is 0 Å². The Morgan fingerprint density at radius 2 is 2.06 bits per heavy atom. The Bertz CT molecular complexity index is 637. The normalized spacial score (nSPS) is 28.1. The van der Waals surface area contributed by atoms with Gasteiger partial charge in [-0.15, -0.1) is 0 Å². The lowest BCUT2D eigenvalue weighted by molar-refractivity contribution is 0.356. The first-order valence-electron chi connectivity index (χ1n) is 6.79. The Morgan fingerprint density at radius 1 is 1.28 bits per heavy atom. The summed E-state index contributed by atoms with van der Waals surface area (Å²) in [5.74, 6) is 1.50. The lowest BCUT2D eigenvalue weighted by Crippen LogP contribution is -2.15. The van der Waals surface area contributed by atoms with Crippen molar-refractivity contribution in [2.45, 2.75) is 39.7 Å². The predicted molar refractivity (Wildman–Crippen MR) is 78.5 cm³/mol. The van der Waals surface area contributed by atoms with Gasteiger partial charge >= 0.3 is 0 Å². The van der Waals surface area contributed by atoms with Crippen molar-refractivity contribution in [1.82, 2.24) is 9.55 Å². The Kier molecular flexibility index (Phi) is 2.81. The molecule has 1 aromatic carbocycles. The highest BCUT2D eigenvalue weighted by Crippen LogP contribution is 2.41. The first kappa shape index (κ1) is 12.0. The summed E-state index contributed by atoms with van der Waals surface area (Å²) < 4.78 is 3.25. The Hall–Kier alpha value is -1.09. The van der Waals surface area contributed by atoms with Crippen molar-refractivity contribution in [2.24, 2.45) is 11.8 Å². The summed E-state index contributed by atoms with van der Waals surface area (Å²) in [5, 5.41) is 0. The van der Waals surface area contributed by atoms with Crippen LogP contribution >= 0.6 is 12.2 Å². The van der Waals surface area contributed by atoms with Crippen LogP contribution in [0.25, 0.3) is 11.0 Å². The van der Waals surface area contributed by atoms with E-state index in [9.17, 15) is 0 Å². The van der Waals surface area contributed by atoms with Crippen molar-refractivity contribution in [3.8, 4) is 0 Å². The van der Waals surface area contributed by atoms with Crippen LogP contribution in [0.15, 0.2) is 18.2 Å². The lowest BCUT2D eigenvalue weighted by atomic mass is 9.97. The predicted octanol–water partition coefficient (Wildman–Crippen LogP) is 4.61. The van der Waals surface area contributed by atoms with Crippen LogP contribution < -0.4 is 0 Å². The van der Waals surface area contributed by atoms with Gasteiger partial charge in [-0.3, -0.25) is 0 Å². The highest BCUT2D eigenvalue weighted by atomic mass is 32.1. The van der Waals surface area contributed by atoms with Crippen LogP contribution in [-0.4, -0.2) is 9.55 Å². The zero-order valence-corrected chi connectivity index (χ0v) is 12.1. The molecule has 1 aliphatic carbocycles. The van der Waals surface area contributed by atoms with Crippen molar-refractivity contribution in [3.05, 3.63) is 28.5 Å². The number of H-pyrrole nitrogens is 1. The number of imidazole rings is 1. The van der Waals surface area contributed by atoms with E-state index in [1.807, 2.05) is 0 Å². The van der Waals surface area contributed by atoms with Gasteiger partial charge in [-0.2, -0.15) is 0 Å². The molecule has 0 amide bonds. The van der Waals surface area contributed by atoms with Gasteiger partial charge in [0.1, 0.15) is 0 Å². The van der Waals surface area contributed by atoms with Crippen LogP contribution in [0.5, 0.6) is 0 Å². The maximum absolute atomic E-state index is 5.55. The molecule has 1 aliphatic rings. The number of nitrogens with one attached hydrogen (secondary N) is 1. The molecule has 3 rings (SSSR count). The van der Waals surface area contributed by atoms with E-state index in [2.05, 4.69) is 48.5 Å². The van der Waals surface area contributed by atoms with E-state index in [0.717, 1.165) is 10.7 Å². The fraction of sp³-hybridized carbons (Fsp3) is 0.533. The number of hydrogen-bond acceptors (Lipinski definition) is 1. The largest absolute Gasteiger partial charge is 0.331 e. The summed E-state index contributed by atoms with van der Waals surface area (Å²) >= 11 is 5.55. The molecular formula is C15H20N2S. The first-order valence-corrected chi connectivity index (χ1v) is 7.20. The van der Waals surface area contributed by atoms with Gasteiger partial charge in [0.15, 0.2) is 4.77 Å². The van der Waals surface area contributed by atoms with Gasteiger partial charge in [-0.1, -0.05) is 26.0 Å². The molecule has 3 heteroatoms. The van der Waals surface area contributed by atoms with Crippen LogP contribution in [0, 0.1) is 23.5 Å². The molecule has 0 spiro atoms. The van der Waals surface area contributed by atoms with E-state index in [-0.39, 0.29) is 0 Å². The van der Waals surface area contributed by atoms with Crippen LogP contribution in [0.1, 0.15) is 38.3 Å². The first-order chi connectivity index (χ1) is 8.59. The van der Waals surface area contributed by atoms with Gasteiger partial charge in [0.2, 0.25) is 0 Å². The molecule has 2 aromatic rings. The molecule has 96 valence electrons. The second-order valence-electron chi connectivity index (χ2n) is 5.75. The van der Waals surface area contributed by atoms with Crippen LogP contribution in [0.3, 0.4) is 0 Å². The van der Waals surface area contributed by atoms with Crippen molar-refractivity contribution in [2.75, 3.05) is 0 Å². The standard InChI is InChI=1S/C15H20N2S/c1-9-7-8-13(11(9)3)17-14-10(2)5-4-6-12(14)16-15(17)18/h4-6,9,11,13H,7-8H2,1-3H3,(H,16,18).